The van der Waals surface area contributed by atoms with Gasteiger partial charge in [0.2, 0.25) is 0 Å². The zero-order chi connectivity index (χ0) is 14.2. The summed E-state index contributed by atoms with van der Waals surface area (Å²) in [5, 5.41) is 18.3. The predicted molar refractivity (Wildman–Crippen MR) is 78.4 cm³/mol. The summed E-state index contributed by atoms with van der Waals surface area (Å²) in [4.78, 5) is 0. The average molecular weight is 269 g/mol. The van der Waals surface area contributed by atoms with Crippen molar-refractivity contribution in [3.63, 3.8) is 0 Å². The van der Waals surface area contributed by atoms with E-state index in [9.17, 15) is 5.11 Å². The highest BCUT2D eigenvalue weighted by Crippen LogP contribution is 2.39. The molecule has 0 amide bonds. The molecule has 104 valence electrons. The summed E-state index contributed by atoms with van der Waals surface area (Å²) >= 11 is 0. The van der Waals surface area contributed by atoms with Crippen molar-refractivity contribution in [2.45, 2.75) is 32.8 Å². The third-order valence-electron chi connectivity index (χ3n) is 3.70. The first kappa shape index (κ1) is 13.1. The van der Waals surface area contributed by atoms with Gasteiger partial charge in [0.15, 0.2) is 0 Å². The van der Waals surface area contributed by atoms with Crippen LogP contribution in [-0.2, 0) is 0 Å². The van der Waals surface area contributed by atoms with E-state index in [1.807, 2.05) is 41.1 Å². The molecular weight excluding hydrogens is 250 g/mol. The highest BCUT2D eigenvalue weighted by molar-refractivity contribution is 5.65. The third kappa shape index (κ3) is 2.51. The first-order valence-corrected chi connectivity index (χ1v) is 6.90. The van der Waals surface area contributed by atoms with Crippen molar-refractivity contribution in [2.75, 3.05) is 0 Å². The van der Waals surface area contributed by atoms with E-state index in [-0.39, 0.29) is 5.41 Å². The Bertz CT molecular complexity index is 628. The van der Waals surface area contributed by atoms with Gasteiger partial charge in [-0.3, -0.25) is 0 Å². The van der Waals surface area contributed by atoms with Gasteiger partial charge >= 0.3 is 0 Å². The van der Waals surface area contributed by atoms with Crippen LogP contribution in [0.25, 0.3) is 11.3 Å². The molecule has 4 nitrogen and oxygen atoms in total. The summed E-state index contributed by atoms with van der Waals surface area (Å²) in [6.07, 6.45) is 5.03. The normalized spacial score (nSPS) is 21.6. The summed E-state index contributed by atoms with van der Waals surface area (Å²) in [6.45, 7) is 4.36. The highest BCUT2D eigenvalue weighted by atomic mass is 16.3. The number of nitrogens with zero attached hydrogens (tertiary/aromatic N) is 3. The molecule has 0 bridgehead atoms. The van der Waals surface area contributed by atoms with Crippen molar-refractivity contribution in [3.8, 4) is 5.69 Å². The number of aliphatic hydroxyl groups is 1. The lowest BCUT2D eigenvalue weighted by Gasteiger charge is -2.32. The highest BCUT2D eigenvalue weighted by Gasteiger charge is 2.29. The number of benzene rings is 1. The number of hydrogen-bond acceptors (Lipinski definition) is 3. The lowest BCUT2D eigenvalue weighted by Crippen LogP contribution is -2.25. The Morgan fingerprint density at radius 3 is 2.70 bits per heavy atom. The standard InChI is InChI=1S/C16H19N3O/c1-16(2)9-12(8-14(20)10-16)15-11-17-18-19(15)13-6-4-3-5-7-13/h3-8,11,14,20H,9-10H2,1-2H3. The van der Waals surface area contributed by atoms with Gasteiger partial charge in [0.05, 0.1) is 23.7 Å². The zero-order valence-corrected chi connectivity index (χ0v) is 11.8. The van der Waals surface area contributed by atoms with E-state index in [2.05, 4.69) is 24.2 Å². The molecule has 1 aromatic heterocycles. The van der Waals surface area contributed by atoms with Crippen molar-refractivity contribution in [1.29, 1.82) is 0 Å². The molecule has 0 saturated heterocycles. The van der Waals surface area contributed by atoms with Crippen molar-refractivity contribution in [2.24, 2.45) is 5.41 Å². The molecule has 2 aromatic rings. The molecule has 1 atom stereocenters. The van der Waals surface area contributed by atoms with Gasteiger partial charge in [-0.25, -0.2) is 4.68 Å². The van der Waals surface area contributed by atoms with Crippen molar-refractivity contribution in [3.05, 3.63) is 48.3 Å². The minimum Gasteiger partial charge on any atom is -0.389 e. The summed E-state index contributed by atoms with van der Waals surface area (Å²) in [5.41, 5.74) is 3.15. The molecule has 0 radical (unpaired) electrons. The Morgan fingerprint density at radius 2 is 2.00 bits per heavy atom. The smallest absolute Gasteiger partial charge is 0.0901 e. The molecule has 0 saturated carbocycles. The SMILES string of the molecule is CC1(C)CC(c2cnnn2-c2ccccc2)=CC(O)C1. The number of para-hydroxylation sites is 1. The molecule has 1 aromatic carbocycles. The number of aliphatic hydroxyl groups excluding tert-OH is 1. The summed E-state index contributed by atoms with van der Waals surface area (Å²) < 4.78 is 1.83. The van der Waals surface area contributed by atoms with Crippen LogP contribution in [-0.4, -0.2) is 26.2 Å². The molecule has 0 fully saturated rings. The van der Waals surface area contributed by atoms with Crippen molar-refractivity contribution >= 4 is 5.57 Å². The second kappa shape index (κ2) is 4.87. The summed E-state index contributed by atoms with van der Waals surface area (Å²) in [5.74, 6) is 0. The second-order valence-corrected chi connectivity index (χ2v) is 6.17. The van der Waals surface area contributed by atoms with E-state index in [0.717, 1.165) is 29.8 Å². The van der Waals surface area contributed by atoms with E-state index in [4.69, 9.17) is 0 Å². The summed E-state index contributed by atoms with van der Waals surface area (Å²) in [6, 6.07) is 9.95. The van der Waals surface area contributed by atoms with Crippen LogP contribution >= 0.6 is 0 Å². The molecule has 0 aliphatic heterocycles. The molecule has 1 N–H and O–H groups in total. The fourth-order valence-electron chi connectivity index (χ4n) is 2.89. The Hall–Kier alpha value is -1.94. The van der Waals surface area contributed by atoms with Crippen LogP contribution < -0.4 is 0 Å². The van der Waals surface area contributed by atoms with Gasteiger partial charge in [0.1, 0.15) is 0 Å². The lowest BCUT2D eigenvalue weighted by molar-refractivity contribution is 0.146. The molecule has 1 unspecified atom stereocenters. The van der Waals surface area contributed by atoms with E-state index in [1.54, 1.807) is 6.20 Å². The third-order valence-corrected chi connectivity index (χ3v) is 3.70. The van der Waals surface area contributed by atoms with Crippen LogP contribution in [0.2, 0.25) is 0 Å². The van der Waals surface area contributed by atoms with Crippen LogP contribution in [0.15, 0.2) is 42.6 Å². The fraction of sp³-hybridized carbons (Fsp3) is 0.375. The minimum atomic E-state index is -0.395. The van der Waals surface area contributed by atoms with Gasteiger partial charge in [0, 0.05) is 0 Å². The van der Waals surface area contributed by atoms with Gasteiger partial charge in [-0.2, -0.15) is 0 Å². The maximum absolute atomic E-state index is 10.0. The Balaban J connectivity index is 2.02. The lowest BCUT2D eigenvalue weighted by atomic mass is 9.75. The van der Waals surface area contributed by atoms with Gasteiger partial charge in [-0.15, -0.1) is 5.10 Å². The quantitative estimate of drug-likeness (QED) is 0.912. The number of hydrogen-bond donors (Lipinski definition) is 1. The van der Waals surface area contributed by atoms with E-state index >= 15 is 0 Å². The average Bonchev–Trinajstić information content (AvgIpc) is 2.86. The van der Waals surface area contributed by atoms with E-state index < -0.39 is 6.10 Å². The van der Waals surface area contributed by atoms with Gasteiger partial charge in [-0.05, 0) is 36.0 Å². The van der Waals surface area contributed by atoms with Crippen molar-refractivity contribution in [1.82, 2.24) is 15.0 Å². The van der Waals surface area contributed by atoms with Crippen LogP contribution in [0.5, 0.6) is 0 Å². The van der Waals surface area contributed by atoms with Gasteiger partial charge in [-0.1, -0.05) is 43.3 Å². The molecule has 0 spiro atoms. The first-order valence-electron chi connectivity index (χ1n) is 6.90. The van der Waals surface area contributed by atoms with Gasteiger partial charge < -0.3 is 5.11 Å². The fourth-order valence-corrected chi connectivity index (χ4v) is 2.89. The maximum atomic E-state index is 10.0. The van der Waals surface area contributed by atoms with Crippen LogP contribution in [0.1, 0.15) is 32.4 Å². The van der Waals surface area contributed by atoms with E-state index in [0.29, 0.717) is 0 Å². The second-order valence-electron chi connectivity index (χ2n) is 6.17. The van der Waals surface area contributed by atoms with E-state index in [1.165, 1.54) is 0 Å². The van der Waals surface area contributed by atoms with Crippen LogP contribution in [0.4, 0.5) is 0 Å². The molecular formula is C16H19N3O. The summed E-state index contributed by atoms with van der Waals surface area (Å²) in [7, 11) is 0. The molecule has 1 aliphatic rings. The van der Waals surface area contributed by atoms with Crippen LogP contribution in [0, 0.1) is 5.41 Å². The molecule has 1 aliphatic carbocycles. The Labute approximate surface area is 118 Å². The zero-order valence-electron chi connectivity index (χ0n) is 11.8. The number of rotatable bonds is 2. The monoisotopic (exact) mass is 269 g/mol. The van der Waals surface area contributed by atoms with Gasteiger partial charge in [0.25, 0.3) is 0 Å². The molecule has 4 heteroatoms. The topological polar surface area (TPSA) is 50.9 Å². The molecule has 20 heavy (non-hydrogen) atoms. The minimum absolute atomic E-state index is 0.0925. The van der Waals surface area contributed by atoms with Crippen molar-refractivity contribution < 1.29 is 5.11 Å². The molecule has 3 rings (SSSR count). The first-order chi connectivity index (χ1) is 9.55. The largest absolute Gasteiger partial charge is 0.389 e. The molecule has 1 heterocycles. The number of allylic oxidation sites excluding steroid dienone is 1. The number of aromatic nitrogens is 3. The Morgan fingerprint density at radius 1 is 1.25 bits per heavy atom. The predicted octanol–water partition coefficient (Wildman–Crippen LogP) is 2.83. The Kier molecular flexibility index (Phi) is 3.18. The van der Waals surface area contributed by atoms with Crippen LogP contribution in [0.3, 0.4) is 0 Å². The maximum Gasteiger partial charge on any atom is 0.0901 e.